The van der Waals surface area contributed by atoms with Crippen LogP contribution in [-0.2, 0) is 15.9 Å². The van der Waals surface area contributed by atoms with E-state index >= 15 is 0 Å². The Hall–Kier alpha value is -1.86. The summed E-state index contributed by atoms with van der Waals surface area (Å²) in [6.45, 7) is 4.94. The van der Waals surface area contributed by atoms with Gasteiger partial charge in [0.2, 0.25) is 11.2 Å². The number of methoxy groups -OCH3 is 1. The van der Waals surface area contributed by atoms with Gasteiger partial charge >= 0.3 is 0 Å². The summed E-state index contributed by atoms with van der Waals surface area (Å²) in [5.74, 6) is 0.813. The molecule has 0 radical (unpaired) electrons. The lowest BCUT2D eigenvalue weighted by Crippen LogP contribution is -2.24. The molecule has 1 atom stereocenters. The van der Waals surface area contributed by atoms with Gasteiger partial charge in [-0.05, 0) is 18.2 Å². The van der Waals surface area contributed by atoms with Crippen LogP contribution in [0.3, 0.4) is 0 Å². The third kappa shape index (κ3) is 4.87. The fraction of sp³-hybridized carbons (Fsp3) is 0.357. The van der Waals surface area contributed by atoms with Crippen molar-refractivity contribution in [2.24, 2.45) is 10.1 Å². The maximum Gasteiger partial charge on any atom is 0.245 e. The first-order chi connectivity index (χ1) is 10.2. The zero-order chi connectivity index (χ0) is 15.7. The number of fused-ring (bicyclic) bond motifs is 1. The summed E-state index contributed by atoms with van der Waals surface area (Å²) in [6.07, 6.45) is 3.71. The maximum atomic E-state index is 11.3. The number of nitrogens with one attached hydrogen (secondary N) is 1. The van der Waals surface area contributed by atoms with Gasteiger partial charge in [-0.2, -0.15) is 4.40 Å². The Kier molecular flexibility index (Phi) is 7.49. The van der Waals surface area contributed by atoms with Crippen molar-refractivity contribution in [3.63, 3.8) is 0 Å². The van der Waals surface area contributed by atoms with Crippen molar-refractivity contribution in [3.8, 4) is 5.75 Å². The molecule has 0 saturated heterocycles. The van der Waals surface area contributed by atoms with E-state index in [1.54, 1.807) is 25.3 Å². The minimum atomic E-state index is -1.52. The molecule has 1 aliphatic heterocycles. The molecule has 3 N–H and O–H groups in total. The van der Waals surface area contributed by atoms with Gasteiger partial charge < -0.3 is 15.2 Å². The average Bonchev–Trinajstić information content (AvgIpc) is 2.48. The number of hydrogen-bond acceptors (Lipinski definition) is 4. The second kappa shape index (κ2) is 9.15. The van der Waals surface area contributed by atoms with Crippen LogP contribution in [0.5, 0.6) is 5.75 Å². The normalized spacial score (nSPS) is 16.3. The van der Waals surface area contributed by atoms with Crippen LogP contribution in [0.2, 0.25) is 0 Å². The van der Waals surface area contributed by atoms with Crippen LogP contribution in [-0.4, -0.2) is 30.4 Å². The smallest absolute Gasteiger partial charge is 0.245 e. The summed E-state index contributed by atoms with van der Waals surface area (Å²) in [7, 11) is 1.63. The summed E-state index contributed by atoms with van der Waals surface area (Å²) in [4.78, 5) is 0. The molecule has 2 rings (SSSR count). The Morgan fingerprint density at radius 1 is 1.33 bits per heavy atom. The SMILES string of the molecule is CC.COC/C=C/COc1cccc2c1C(N)=NS(=O)N2. The average molecular weight is 311 g/mol. The molecule has 116 valence electrons. The van der Waals surface area contributed by atoms with Crippen molar-refractivity contribution < 1.29 is 13.7 Å². The molecule has 1 aromatic rings. The highest BCUT2D eigenvalue weighted by molar-refractivity contribution is 7.85. The van der Waals surface area contributed by atoms with E-state index in [4.69, 9.17) is 15.2 Å². The Labute approximate surface area is 127 Å². The van der Waals surface area contributed by atoms with Crippen LogP contribution < -0.4 is 15.2 Å². The Bertz CT molecular complexity index is 544. The van der Waals surface area contributed by atoms with Gasteiger partial charge in [0.15, 0.2) is 0 Å². The number of anilines is 1. The summed E-state index contributed by atoms with van der Waals surface area (Å²) in [5.41, 5.74) is 7.09. The highest BCUT2D eigenvalue weighted by atomic mass is 32.2. The van der Waals surface area contributed by atoms with Crippen molar-refractivity contribution in [1.82, 2.24) is 0 Å². The Morgan fingerprint density at radius 2 is 2.05 bits per heavy atom. The van der Waals surface area contributed by atoms with Crippen molar-refractivity contribution in [2.75, 3.05) is 25.0 Å². The highest BCUT2D eigenvalue weighted by Crippen LogP contribution is 2.29. The molecule has 0 amide bonds. The van der Waals surface area contributed by atoms with Gasteiger partial charge in [0.1, 0.15) is 18.2 Å². The first-order valence-corrected chi connectivity index (χ1v) is 7.76. The van der Waals surface area contributed by atoms with Crippen LogP contribution in [0.25, 0.3) is 0 Å². The predicted molar refractivity (Wildman–Crippen MR) is 86.8 cm³/mol. The van der Waals surface area contributed by atoms with Crippen LogP contribution in [0.4, 0.5) is 5.69 Å². The fourth-order valence-electron chi connectivity index (χ4n) is 1.62. The Balaban J connectivity index is 0.00000106. The van der Waals surface area contributed by atoms with Crippen molar-refractivity contribution in [2.45, 2.75) is 13.8 Å². The summed E-state index contributed by atoms with van der Waals surface area (Å²) in [5, 5.41) is 0. The molecule has 0 saturated carbocycles. The van der Waals surface area contributed by atoms with Crippen LogP contribution in [0.1, 0.15) is 19.4 Å². The molecule has 1 heterocycles. The maximum absolute atomic E-state index is 11.3. The van der Waals surface area contributed by atoms with Gasteiger partial charge in [0.05, 0.1) is 17.9 Å². The van der Waals surface area contributed by atoms with E-state index in [-0.39, 0.29) is 5.84 Å². The van der Waals surface area contributed by atoms with Crippen molar-refractivity contribution >= 4 is 22.7 Å². The standard InChI is InChI=1S/C12H15N3O3S.C2H6/c1-17-7-2-3-8-18-10-6-4-5-9-11(10)12(13)15-19(16)14-9;1-2/h2-6,14H,7-8H2,1H3,(H2,13,15);1-2H3/b3-2+;. The van der Waals surface area contributed by atoms with E-state index in [1.807, 2.05) is 26.0 Å². The van der Waals surface area contributed by atoms with E-state index < -0.39 is 11.2 Å². The van der Waals surface area contributed by atoms with Gasteiger partial charge in [-0.1, -0.05) is 26.0 Å². The molecule has 1 aliphatic rings. The Morgan fingerprint density at radius 3 is 2.76 bits per heavy atom. The van der Waals surface area contributed by atoms with Crippen LogP contribution in [0, 0.1) is 0 Å². The largest absolute Gasteiger partial charge is 0.489 e. The third-order valence-electron chi connectivity index (χ3n) is 2.43. The molecule has 0 bridgehead atoms. The summed E-state index contributed by atoms with van der Waals surface area (Å²) >= 11 is -1.52. The van der Waals surface area contributed by atoms with E-state index in [0.29, 0.717) is 30.2 Å². The summed E-state index contributed by atoms with van der Waals surface area (Å²) < 4.78 is 28.4. The monoisotopic (exact) mass is 311 g/mol. The topological polar surface area (TPSA) is 85.9 Å². The van der Waals surface area contributed by atoms with Gasteiger partial charge in [0, 0.05) is 7.11 Å². The lowest BCUT2D eigenvalue weighted by Gasteiger charge is -2.17. The molecule has 0 fully saturated rings. The minimum Gasteiger partial charge on any atom is -0.489 e. The molecule has 6 nitrogen and oxygen atoms in total. The first kappa shape index (κ1) is 17.2. The van der Waals surface area contributed by atoms with E-state index in [2.05, 4.69) is 9.12 Å². The number of benzene rings is 1. The number of amidine groups is 1. The fourth-order valence-corrected chi connectivity index (χ4v) is 2.30. The highest BCUT2D eigenvalue weighted by Gasteiger charge is 2.19. The molecule has 1 unspecified atom stereocenters. The number of hydrogen-bond donors (Lipinski definition) is 2. The molecule has 1 aromatic carbocycles. The quantitative estimate of drug-likeness (QED) is 0.814. The second-order valence-corrected chi connectivity index (χ2v) is 4.63. The number of nitrogens with two attached hydrogens (primary N) is 1. The number of ether oxygens (including phenoxy) is 2. The zero-order valence-corrected chi connectivity index (χ0v) is 13.3. The summed E-state index contributed by atoms with van der Waals surface area (Å²) in [6, 6.07) is 5.37. The lowest BCUT2D eigenvalue weighted by molar-refractivity contribution is 0.233. The first-order valence-electron chi connectivity index (χ1n) is 6.65. The van der Waals surface area contributed by atoms with E-state index in [0.717, 1.165) is 0 Å². The van der Waals surface area contributed by atoms with Crippen LogP contribution >= 0.6 is 0 Å². The number of rotatable bonds is 5. The van der Waals surface area contributed by atoms with Gasteiger partial charge in [-0.25, -0.2) is 4.21 Å². The van der Waals surface area contributed by atoms with Crippen LogP contribution in [0.15, 0.2) is 34.7 Å². The van der Waals surface area contributed by atoms with E-state index in [9.17, 15) is 4.21 Å². The minimum absolute atomic E-state index is 0.212. The number of nitrogens with zero attached hydrogens (tertiary/aromatic N) is 1. The molecule has 0 aromatic heterocycles. The zero-order valence-electron chi connectivity index (χ0n) is 12.5. The molecule has 7 heteroatoms. The predicted octanol–water partition coefficient (Wildman–Crippen LogP) is 2.00. The van der Waals surface area contributed by atoms with Gasteiger partial charge in [-0.15, -0.1) is 0 Å². The molecule has 0 aliphatic carbocycles. The van der Waals surface area contributed by atoms with Gasteiger partial charge in [-0.3, -0.25) is 4.72 Å². The van der Waals surface area contributed by atoms with E-state index in [1.165, 1.54) is 0 Å². The molecule has 21 heavy (non-hydrogen) atoms. The lowest BCUT2D eigenvalue weighted by atomic mass is 10.1. The third-order valence-corrected chi connectivity index (χ3v) is 3.18. The molecule has 0 spiro atoms. The van der Waals surface area contributed by atoms with Crippen molar-refractivity contribution in [3.05, 3.63) is 35.9 Å². The second-order valence-electron chi connectivity index (χ2n) is 3.74. The van der Waals surface area contributed by atoms with Crippen molar-refractivity contribution in [1.29, 1.82) is 0 Å². The van der Waals surface area contributed by atoms with Gasteiger partial charge in [0.25, 0.3) is 0 Å². The molecular formula is C14H21N3O3S. The molecular weight excluding hydrogens is 290 g/mol.